The van der Waals surface area contributed by atoms with Crippen LogP contribution in [0.4, 0.5) is 5.95 Å². The Hall–Kier alpha value is -1.75. The van der Waals surface area contributed by atoms with Gasteiger partial charge >= 0.3 is 0 Å². The van der Waals surface area contributed by atoms with E-state index in [0.29, 0.717) is 0 Å². The normalized spacial score (nSPS) is 27.8. The van der Waals surface area contributed by atoms with Crippen LogP contribution in [0.15, 0.2) is 24.5 Å². The molecule has 0 saturated carbocycles. The second kappa shape index (κ2) is 3.17. The van der Waals surface area contributed by atoms with Crippen LogP contribution >= 0.6 is 11.6 Å². The Labute approximate surface area is 109 Å². The summed E-state index contributed by atoms with van der Waals surface area (Å²) in [4.78, 5) is 4.21. The Kier molecular flexibility index (Phi) is 1.80. The van der Waals surface area contributed by atoms with Crippen molar-refractivity contribution in [3.05, 3.63) is 35.1 Å². The molecular weight excluding hydrogens is 252 g/mol. The fourth-order valence-electron chi connectivity index (χ4n) is 2.75. The number of rotatable bonds is 0. The first-order chi connectivity index (χ1) is 8.66. The molecule has 5 nitrogen and oxygen atoms in total. The van der Waals surface area contributed by atoms with E-state index in [1.165, 1.54) is 6.33 Å². The first kappa shape index (κ1) is 10.2. The summed E-state index contributed by atoms with van der Waals surface area (Å²) in [6, 6.07) is 5.85. The highest BCUT2D eigenvalue weighted by molar-refractivity contribution is 6.30. The van der Waals surface area contributed by atoms with Crippen LogP contribution < -0.4 is 10.1 Å². The van der Waals surface area contributed by atoms with E-state index in [-0.39, 0.29) is 6.04 Å². The molecule has 2 atom stereocenters. The van der Waals surface area contributed by atoms with E-state index in [1.807, 2.05) is 25.1 Å². The minimum atomic E-state index is -0.484. The number of aromatic nitrogens is 3. The average molecular weight is 263 g/mol. The fourth-order valence-corrected chi connectivity index (χ4v) is 2.93. The molecule has 3 heterocycles. The molecule has 2 bridgehead atoms. The lowest BCUT2D eigenvalue weighted by atomic mass is 9.92. The molecule has 2 unspecified atom stereocenters. The standard InChI is InChI=1S/C12H11ClN4O/c1-12-5-9(16-11-14-6-15-17(11)12)8-4-7(13)2-3-10(8)18-12/h2-4,6,9H,5H2,1H3,(H,14,15,16). The summed E-state index contributed by atoms with van der Waals surface area (Å²) in [6.07, 6.45) is 2.34. The highest BCUT2D eigenvalue weighted by Gasteiger charge is 2.45. The zero-order valence-corrected chi connectivity index (χ0v) is 10.5. The van der Waals surface area contributed by atoms with Crippen LogP contribution in [-0.4, -0.2) is 14.8 Å². The predicted octanol–water partition coefficient (Wildman–Crippen LogP) is 2.55. The van der Waals surface area contributed by atoms with Crippen molar-refractivity contribution in [2.24, 2.45) is 0 Å². The van der Waals surface area contributed by atoms with Gasteiger partial charge in [0.05, 0.1) is 6.04 Å². The molecule has 18 heavy (non-hydrogen) atoms. The zero-order valence-electron chi connectivity index (χ0n) is 9.72. The van der Waals surface area contributed by atoms with Crippen molar-refractivity contribution in [2.45, 2.75) is 25.1 Å². The van der Waals surface area contributed by atoms with Gasteiger partial charge in [-0.1, -0.05) is 11.6 Å². The van der Waals surface area contributed by atoms with Crippen LogP contribution in [0, 0.1) is 0 Å². The van der Waals surface area contributed by atoms with Crippen LogP contribution in [0.3, 0.4) is 0 Å². The topological polar surface area (TPSA) is 52.0 Å². The fraction of sp³-hybridized carbons (Fsp3) is 0.333. The number of hydrogen-bond donors (Lipinski definition) is 1. The number of benzene rings is 1. The quantitative estimate of drug-likeness (QED) is 0.793. The van der Waals surface area contributed by atoms with Crippen LogP contribution in [0.25, 0.3) is 0 Å². The molecule has 0 fully saturated rings. The monoisotopic (exact) mass is 262 g/mol. The molecule has 1 N–H and O–H groups in total. The van der Waals surface area contributed by atoms with E-state index in [0.717, 1.165) is 28.7 Å². The van der Waals surface area contributed by atoms with Gasteiger partial charge in [-0.3, -0.25) is 0 Å². The van der Waals surface area contributed by atoms with Gasteiger partial charge in [0.25, 0.3) is 0 Å². The summed E-state index contributed by atoms with van der Waals surface area (Å²) in [5.74, 6) is 1.59. The number of halogens is 1. The number of anilines is 1. The van der Waals surface area contributed by atoms with Gasteiger partial charge in [-0.2, -0.15) is 14.8 Å². The summed E-state index contributed by atoms with van der Waals surface area (Å²) in [6.45, 7) is 2.02. The maximum Gasteiger partial charge on any atom is 0.225 e. The van der Waals surface area contributed by atoms with Crippen molar-refractivity contribution < 1.29 is 4.74 Å². The highest BCUT2D eigenvalue weighted by Crippen LogP contribution is 2.47. The van der Waals surface area contributed by atoms with Crippen LogP contribution in [0.2, 0.25) is 5.02 Å². The van der Waals surface area contributed by atoms with E-state index in [1.54, 1.807) is 4.68 Å². The highest BCUT2D eigenvalue weighted by atomic mass is 35.5. The Morgan fingerprint density at radius 3 is 3.33 bits per heavy atom. The lowest BCUT2D eigenvalue weighted by Gasteiger charge is -2.44. The third kappa shape index (κ3) is 1.22. The average Bonchev–Trinajstić information content (AvgIpc) is 2.79. The zero-order chi connectivity index (χ0) is 12.3. The van der Waals surface area contributed by atoms with E-state index in [2.05, 4.69) is 15.4 Å². The number of nitrogens with one attached hydrogen (secondary N) is 1. The number of nitrogens with zero attached hydrogens (tertiary/aromatic N) is 3. The van der Waals surface area contributed by atoms with Crippen LogP contribution in [-0.2, 0) is 5.72 Å². The Morgan fingerprint density at radius 1 is 1.56 bits per heavy atom. The van der Waals surface area contributed by atoms with Gasteiger partial charge < -0.3 is 10.1 Å². The molecule has 2 aliphatic rings. The molecule has 0 spiro atoms. The maximum atomic E-state index is 6.09. The van der Waals surface area contributed by atoms with E-state index in [9.17, 15) is 0 Å². The lowest BCUT2D eigenvalue weighted by molar-refractivity contribution is -0.0345. The van der Waals surface area contributed by atoms with E-state index < -0.39 is 5.72 Å². The summed E-state index contributed by atoms with van der Waals surface area (Å²) in [5.41, 5.74) is 0.594. The smallest absolute Gasteiger partial charge is 0.225 e. The molecule has 92 valence electrons. The van der Waals surface area contributed by atoms with Crippen LogP contribution in [0.5, 0.6) is 5.75 Å². The Balaban J connectivity index is 1.91. The molecule has 2 aromatic rings. The minimum absolute atomic E-state index is 0.161. The predicted molar refractivity (Wildman–Crippen MR) is 66.7 cm³/mol. The number of fused-ring (bicyclic) bond motifs is 6. The van der Waals surface area contributed by atoms with Crippen molar-refractivity contribution in [2.75, 3.05) is 5.32 Å². The molecule has 1 aromatic heterocycles. The van der Waals surface area contributed by atoms with Gasteiger partial charge in [0.2, 0.25) is 11.7 Å². The molecule has 4 rings (SSSR count). The Morgan fingerprint density at radius 2 is 2.44 bits per heavy atom. The summed E-state index contributed by atoms with van der Waals surface area (Å²) < 4.78 is 7.88. The largest absolute Gasteiger partial charge is 0.466 e. The van der Waals surface area contributed by atoms with Gasteiger partial charge in [-0.25, -0.2) is 0 Å². The second-order valence-corrected chi connectivity index (χ2v) is 5.29. The summed E-state index contributed by atoms with van der Waals surface area (Å²) in [7, 11) is 0. The molecule has 0 radical (unpaired) electrons. The van der Waals surface area contributed by atoms with Crippen molar-refractivity contribution in [3.8, 4) is 5.75 Å². The van der Waals surface area contributed by atoms with Gasteiger partial charge in [-0.05, 0) is 25.1 Å². The van der Waals surface area contributed by atoms with Gasteiger partial charge in [-0.15, -0.1) is 0 Å². The molecule has 2 aliphatic heterocycles. The molecule has 1 aromatic carbocycles. The number of ether oxygens (including phenoxy) is 1. The second-order valence-electron chi connectivity index (χ2n) is 4.86. The first-order valence-electron chi connectivity index (χ1n) is 5.81. The first-order valence-corrected chi connectivity index (χ1v) is 6.19. The van der Waals surface area contributed by atoms with Crippen LogP contribution in [0.1, 0.15) is 24.9 Å². The molecule has 0 saturated heterocycles. The SMILES string of the molecule is CC12CC(Nc3ncnn31)c1cc(Cl)ccc1O2. The van der Waals surface area contributed by atoms with E-state index in [4.69, 9.17) is 16.3 Å². The molecular formula is C12H11ClN4O. The molecule has 0 amide bonds. The van der Waals surface area contributed by atoms with E-state index >= 15 is 0 Å². The maximum absolute atomic E-state index is 6.09. The summed E-state index contributed by atoms with van der Waals surface area (Å²) >= 11 is 6.05. The third-order valence-electron chi connectivity index (χ3n) is 3.56. The third-order valence-corrected chi connectivity index (χ3v) is 3.79. The summed E-state index contributed by atoms with van der Waals surface area (Å²) in [5, 5.41) is 8.32. The molecule has 0 aliphatic carbocycles. The lowest BCUT2D eigenvalue weighted by Crippen LogP contribution is -2.47. The van der Waals surface area contributed by atoms with Gasteiger partial charge in [0.1, 0.15) is 12.1 Å². The minimum Gasteiger partial charge on any atom is -0.466 e. The van der Waals surface area contributed by atoms with Gasteiger partial charge in [0.15, 0.2) is 0 Å². The van der Waals surface area contributed by atoms with Gasteiger partial charge in [0, 0.05) is 17.0 Å². The van der Waals surface area contributed by atoms with Crippen molar-refractivity contribution >= 4 is 17.5 Å². The van der Waals surface area contributed by atoms with Crippen molar-refractivity contribution in [1.29, 1.82) is 0 Å². The molecule has 6 heteroatoms. The van der Waals surface area contributed by atoms with Crippen molar-refractivity contribution in [3.63, 3.8) is 0 Å². The number of hydrogen-bond acceptors (Lipinski definition) is 4. The van der Waals surface area contributed by atoms with Crippen molar-refractivity contribution in [1.82, 2.24) is 14.8 Å². The Bertz CT molecular complexity index is 641.